The molecule has 0 spiro atoms. The minimum absolute atomic E-state index is 0.0988. The zero-order valence-electron chi connectivity index (χ0n) is 19.6. The molecule has 0 saturated carbocycles. The largest absolute Gasteiger partial charge is 0.444 e. The number of hydrogen-bond acceptors (Lipinski definition) is 5. The lowest BCUT2D eigenvalue weighted by atomic mass is 10.0. The summed E-state index contributed by atoms with van der Waals surface area (Å²) in [4.78, 5) is 34.2. The molecule has 1 atom stereocenters. The number of nitrogens with two attached hydrogens (primary N) is 1. The SMILES string of the molecule is CC(C)(C)OC(=O)N1CCC[C@@H](N(C(=O)c2ccc(N)cc2F)c2nccc3ccccc23)C1. The van der Waals surface area contributed by atoms with Crippen molar-refractivity contribution in [3.05, 3.63) is 66.1 Å². The summed E-state index contributed by atoms with van der Waals surface area (Å²) in [6.45, 7) is 6.21. The van der Waals surface area contributed by atoms with Gasteiger partial charge in [-0.15, -0.1) is 0 Å². The first-order valence-electron chi connectivity index (χ1n) is 11.3. The summed E-state index contributed by atoms with van der Waals surface area (Å²) in [5.74, 6) is -0.803. The average Bonchev–Trinajstić information content (AvgIpc) is 2.78. The minimum atomic E-state index is -0.699. The Hall–Kier alpha value is -3.68. The molecule has 0 unspecified atom stereocenters. The normalized spacial score (nSPS) is 16.4. The van der Waals surface area contributed by atoms with Crippen molar-refractivity contribution in [1.82, 2.24) is 9.88 Å². The van der Waals surface area contributed by atoms with E-state index in [1.807, 2.05) is 51.1 Å². The van der Waals surface area contributed by atoms with Crippen molar-refractivity contribution < 1.29 is 18.7 Å². The number of aromatic nitrogens is 1. The molecule has 1 aliphatic rings. The van der Waals surface area contributed by atoms with E-state index in [0.717, 1.165) is 16.8 Å². The standard InChI is InChI=1S/C26H29FN4O3/c1-26(2,3)34-25(33)30-14-6-8-19(16-30)31(24(32)21-11-10-18(28)15-22(21)27)23-20-9-5-4-7-17(20)12-13-29-23/h4-5,7,9-13,15,19H,6,8,14,16,28H2,1-3H3/t19-/m1/s1. The molecule has 1 aliphatic heterocycles. The second kappa shape index (κ2) is 9.29. The zero-order valence-corrected chi connectivity index (χ0v) is 19.6. The molecule has 2 amide bonds. The lowest BCUT2D eigenvalue weighted by Crippen LogP contribution is -2.53. The van der Waals surface area contributed by atoms with Gasteiger partial charge in [-0.3, -0.25) is 9.69 Å². The lowest BCUT2D eigenvalue weighted by Gasteiger charge is -2.39. The summed E-state index contributed by atoms with van der Waals surface area (Å²) in [5, 5.41) is 1.67. The Balaban J connectivity index is 1.76. The van der Waals surface area contributed by atoms with Crippen molar-refractivity contribution in [3.8, 4) is 0 Å². The van der Waals surface area contributed by atoms with Gasteiger partial charge in [-0.2, -0.15) is 0 Å². The van der Waals surface area contributed by atoms with E-state index in [0.29, 0.717) is 25.2 Å². The fraction of sp³-hybridized carbons (Fsp3) is 0.346. The van der Waals surface area contributed by atoms with E-state index in [4.69, 9.17) is 10.5 Å². The topological polar surface area (TPSA) is 88.8 Å². The van der Waals surface area contributed by atoms with Gasteiger partial charge in [0.05, 0.1) is 11.6 Å². The van der Waals surface area contributed by atoms with Crippen LogP contribution in [-0.4, -0.2) is 46.6 Å². The van der Waals surface area contributed by atoms with Gasteiger partial charge >= 0.3 is 6.09 Å². The van der Waals surface area contributed by atoms with Crippen LogP contribution in [0.3, 0.4) is 0 Å². The monoisotopic (exact) mass is 464 g/mol. The van der Waals surface area contributed by atoms with Crippen LogP contribution in [0.25, 0.3) is 10.8 Å². The Kier molecular flexibility index (Phi) is 6.41. The molecule has 1 saturated heterocycles. The Morgan fingerprint density at radius 3 is 2.68 bits per heavy atom. The van der Waals surface area contributed by atoms with Gasteiger partial charge in [-0.05, 0) is 63.3 Å². The first kappa shape index (κ1) is 23.5. The van der Waals surface area contributed by atoms with Gasteiger partial charge in [-0.25, -0.2) is 14.2 Å². The first-order valence-corrected chi connectivity index (χ1v) is 11.3. The molecule has 7 nitrogen and oxygen atoms in total. The Morgan fingerprint density at radius 2 is 1.94 bits per heavy atom. The number of hydrogen-bond donors (Lipinski definition) is 1. The van der Waals surface area contributed by atoms with Crippen LogP contribution in [0.15, 0.2) is 54.7 Å². The van der Waals surface area contributed by atoms with Gasteiger partial charge in [0.15, 0.2) is 0 Å². The van der Waals surface area contributed by atoms with Gasteiger partial charge in [0.25, 0.3) is 5.91 Å². The molecule has 2 N–H and O–H groups in total. The summed E-state index contributed by atoms with van der Waals surface area (Å²) in [6, 6.07) is 13.1. The summed E-state index contributed by atoms with van der Waals surface area (Å²) in [6.07, 6.45) is 2.50. The van der Waals surface area contributed by atoms with E-state index in [-0.39, 0.29) is 17.8 Å². The number of anilines is 2. The second-order valence-corrected chi connectivity index (χ2v) is 9.49. The third-order valence-electron chi connectivity index (χ3n) is 5.74. The van der Waals surface area contributed by atoms with Crippen LogP contribution in [0.4, 0.5) is 20.7 Å². The molecule has 1 aromatic heterocycles. The highest BCUT2D eigenvalue weighted by atomic mass is 19.1. The van der Waals surface area contributed by atoms with Crippen LogP contribution in [-0.2, 0) is 4.74 Å². The van der Waals surface area contributed by atoms with Crippen LogP contribution >= 0.6 is 0 Å². The smallest absolute Gasteiger partial charge is 0.410 e. The van der Waals surface area contributed by atoms with Crippen molar-refractivity contribution in [3.63, 3.8) is 0 Å². The molecule has 8 heteroatoms. The Bertz CT molecular complexity index is 1220. The number of fused-ring (bicyclic) bond motifs is 1. The third-order valence-corrected chi connectivity index (χ3v) is 5.74. The number of carbonyl (C=O) groups excluding carboxylic acids is 2. The van der Waals surface area contributed by atoms with Gasteiger partial charge in [0.1, 0.15) is 17.2 Å². The Labute approximate surface area is 198 Å². The molecule has 4 rings (SSSR count). The zero-order chi connectivity index (χ0) is 24.5. The number of halogens is 1. The van der Waals surface area contributed by atoms with Crippen molar-refractivity contribution >= 4 is 34.3 Å². The van der Waals surface area contributed by atoms with Crippen molar-refractivity contribution in [2.45, 2.75) is 45.3 Å². The number of pyridine rings is 1. The second-order valence-electron chi connectivity index (χ2n) is 9.49. The van der Waals surface area contributed by atoms with Crippen LogP contribution < -0.4 is 10.6 Å². The highest BCUT2D eigenvalue weighted by molar-refractivity contribution is 6.10. The molecule has 1 fully saturated rings. The predicted octanol–water partition coefficient (Wildman–Crippen LogP) is 5.00. The number of piperidine rings is 1. The quantitative estimate of drug-likeness (QED) is 0.551. The Morgan fingerprint density at radius 1 is 1.18 bits per heavy atom. The number of likely N-dealkylation sites (tertiary alicyclic amines) is 1. The van der Waals surface area contributed by atoms with E-state index in [1.165, 1.54) is 17.0 Å². The number of rotatable bonds is 3. The van der Waals surface area contributed by atoms with E-state index < -0.39 is 29.5 Å². The average molecular weight is 465 g/mol. The fourth-order valence-electron chi connectivity index (χ4n) is 4.22. The highest BCUT2D eigenvalue weighted by Crippen LogP contribution is 2.31. The maximum absolute atomic E-state index is 14.8. The number of carbonyl (C=O) groups is 2. The maximum Gasteiger partial charge on any atom is 0.410 e. The summed E-state index contributed by atoms with van der Waals surface area (Å²) >= 11 is 0. The van der Waals surface area contributed by atoms with E-state index in [9.17, 15) is 14.0 Å². The van der Waals surface area contributed by atoms with E-state index in [2.05, 4.69) is 4.98 Å². The predicted molar refractivity (Wildman–Crippen MR) is 130 cm³/mol. The molecular weight excluding hydrogens is 435 g/mol. The maximum atomic E-state index is 14.8. The highest BCUT2D eigenvalue weighted by Gasteiger charge is 2.35. The van der Waals surface area contributed by atoms with Crippen LogP contribution in [0.5, 0.6) is 0 Å². The first-order chi connectivity index (χ1) is 16.1. The van der Waals surface area contributed by atoms with E-state index >= 15 is 0 Å². The van der Waals surface area contributed by atoms with Crippen molar-refractivity contribution in [2.75, 3.05) is 23.7 Å². The van der Waals surface area contributed by atoms with Crippen LogP contribution in [0, 0.1) is 5.82 Å². The fourth-order valence-corrected chi connectivity index (χ4v) is 4.22. The summed E-state index contributed by atoms with van der Waals surface area (Å²) in [5.41, 5.74) is 5.20. The van der Waals surface area contributed by atoms with Crippen LogP contribution in [0.1, 0.15) is 44.0 Å². The number of nitrogens with zero attached hydrogens (tertiary/aromatic N) is 3. The molecule has 3 aromatic rings. The van der Waals surface area contributed by atoms with Crippen LogP contribution in [0.2, 0.25) is 0 Å². The van der Waals surface area contributed by atoms with Crippen molar-refractivity contribution in [1.29, 1.82) is 0 Å². The molecular formula is C26H29FN4O3. The number of benzene rings is 2. The molecule has 2 aromatic carbocycles. The lowest BCUT2D eigenvalue weighted by molar-refractivity contribution is 0.0196. The molecule has 0 bridgehead atoms. The molecule has 0 aliphatic carbocycles. The van der Waals surface area contributed by atoms with Gasteiger partial charge in [-0.1, -0.05) is 24.3 Å². The summed E-state index contributed by atoms with van der Waals surface area (Å²) in [7, 11) is 0. The molecule has 34 heavy (non-hydrogen) atoms. The number of nitrogen functional groups attached to an aromatic ring is 1. The number of ether oxygens (including phenoxy) is 1. The van der Waals surface area contributed by atoms with Gasteiger partial charge in [0.2, 0.25) is 0 Å². The van der Waals surface area contributed by atoms with Gasteiger partial charge < -0.3 is 15.4 Å². The number of amides is 2. The van der Waals surface area contributed by atoms with Gasteiger partial charge in [0, 0.05) is 30.4 Å². The molecule has 178 valence electrons. The molecule has 2 heterocycles. The summed E-state index contributed by atoms with van der Waals surface area (Å²) < 4.78 is 20.4. The third kappa shape index (κ3) is 4.95. The van der Waals surface area contributed by atoms with Crippen molar-refractivity contribution in [2.24, 2.45) is 0 Å². The minimum Gasteiger partial charge on any atom is -0.444 e. The molecule has 0 radical (unpaired) electrons. The van der Waals surface area contributed by atoms with E-state index in [1.54, 1.807) is 11.1 Å².